The second-order valence-electron chi connectivity index (χ2n) is 6.94. The molecule has 166 valence electrons. The zero-order chi connectivity index (χ0) is 23.5. The summed E-state index contributed by atoms with van der Waals surface area (Å²) < 4.78 is 7.11. The molecule has 1 aliphatic heterocycles. The van der Waals surface area contributed by atoms with Crippen molar-refractivity contribution in [3.05, 3.63) is 102 Å². The fourth-order valence-corrected chi connectivity index (χ4v) is 4.79. The Kier molecular flexibility index (Phi) is 7.38. The summed E-state index contributed by atoms with van der Waals surface area (Å²) in [5, 5.41) is 0.144. The number of carbonyl (C=O) groups is 3. The zero-order valence-corrected chi connectivity index (χ0v) is 21.5. The van der Waals surface area contributed by atoms with E-state index in [-0.39, 0.29) is 22.4 Å². The fraction of sp³-hybridized carbons (Fsp3) is 0.0417. The van der Waals surface area contributed by atoms with Crippen LogP contribution in [0.15, 0.2) is 80.6 Å². The molecule has 0 spiro atoms. The van der Waals surface area contributed by atoms with Crippen LogP contribution in [0.25, 0.3) is 6.08 Å². The number of esters is 1. The van der Waals surface area contributed by atoms with Gasteiger partial charge in [-0.3, -0.25) is 14.5 Å². The molecular formula is C24H14Br2ClNO4S. The van der Waals surface area contributed by atoms with E-state index >= 15 is 0 Å². The molecule has 1 heterocycles. The summed E-state index contributed by atoms with van der Waals surface area (Å²) in [6, 6.07) is 18.8. The van der Waals surface area contributed by atoms with Gasteiger partial charge in [-0.05, 0) is 71.9 Å². The molecule has 1 aliphatic rings. The fourth-order valence-electron chi connectivity index (χ4n) is 3.04. The molecular weight excluding hydrogens is 594 g/mol. The van der Waals surface area contributed by atoms with E-state index in [1.165, 1.54) is 4.90 Å². The molecule has 3 aromatic carbocycles. The summed E-state index contributed by atoms with van der Waals surface area (Å²) in [7, 11) is 0. The van der Waals surface area contributed by atoms with Crippen LogP contribution >= 0.6 is 55.2 Å². The SMILES string of the molecule is O=C(Oc1ccc(Br)cc1/C=C1\SC(=O)N(Cc2ccccc2Br)C1=O)c1ccc(Cl)cc1. The summed E-state index contributed by atoms with van der Waals surface area (Å²) in [5.74, 6) is -0.711. The Morgan fingerprint density at radius 3 is 2.48 bits per heavy atom. The van der Waals surface area contributed by atoms with Crippen LogP contribution in [0.1, 0.15) is 21.5 Å². The first-order chi connectivity index (χ1) is 15.8. The lowest BCUT2D eigenvalue weighted by molar-refractivity contribution is -0.123. The predicted octanol–water partition coefficient (Wildman–Crippen LogP) is 7.32. The highest BCUT2D eigenvalue weighted by atomic mass is 79.9. The second-order valence-corrected chi connectivity index (χ2v) is 10.1. The number of hydrogen-bond acceptors (Lipinski definition) is 5. The van der Waals surface area contributed by atoms with Crippen LogP contribution in [0.4, 0.5) is 4.79 Å². The summed E-state index contributed by atoms with van der Waals surface area (Å²) in [6.07, 6.45) is 1.56. The third-order valence-electron chi connectivity index (χ3n) is 4.70. The van der Waals surface area contributed by atoms with Gasteiger partial charge in [0.2, 0.25) is 0 Å². The number of nitrogens with zero attached hydrogens (tertiary/aromatic N) is 1. The third-order valence-corrected chi connectivity index (χ3v) is 7.13. The van der Waals surface area contributed by atoms with Crippen molar-refractivity contribution in [2.45, 2.75) is 6.54 Å². The van der Waals surface area contributed by atoms with Gasteiger partial charge in [0.1, 0.15) is 5.75 Å². The lowest BCUT2D eigenvalue weighted by atomic mass is 10.1. The largest absolute Gasteiger partial charge is 0.422 e. The quantitative estimate of drug-likeness (QED) is 0.173. The molecule has 0 aromatic heterocycles. The van der Waals surface area contributed by atoms with E-state index in [4.69, 9.17) is 16.3 Å². The number of hydrogen-bond donors (Lipinski definition) is 0. The third kappa shape index (κ3) is 5.58. The Morgan fingerprint density at radius 2 is 1.76 bits per heavy atom. The van der Waals surface area contributed by atoms with Gasteiger partial charge in [0.15, 0.2) is 0 Å². The number of ether oxygens (including phenoxy) is 1. The first-order valence-corrected chi connectivity index (χ1v) is 12.4. The van der Waals surface area contributed by atoms with Crippen molar-refractivity contribution in [2.24, 2.45) is 0 Å². The number of amides is 2. The minimum atomic E-state index is -0.564. The van der Waals surface area contributed by atoms with E-state index in [0.717, 1.165) is 26.3 Å². The minimum absolute atomic E-state index is 0.153. The Bertz CT molecular complexity index is 1290. The maximum atomic E-state index is 13.0. The van der Waals surface area contributed by atoms with Gasteiger partial charge in [-0.15, -0.1) is 0 Å². The van der Waals surface area contributed by atoms with Crippen molar-refractivity contribution < 1.29 is 19.1 Å². The van der Waals surface area contributed by atoms with Gasteiger partial charge in [-0.25, -0.2) is 4.79 Å². The van der Waals surface area contributed by atoms with Crippen LogP contribution in [-0.4, -0.2) is 22.0 Å². The van der Waals surface area contributed by atoms with Crippen molar-refractivity contribution in [3.8, 4) is 5.75 Å². The van der Waals surface area contributed by atoms with E-state index in [2.05, 4.69) is 31.9 Å². The lowest BCUT2D eigenvalue weighted by Gasteiger charge is -2.13. The zero-order valence-electron chi connectivity index (χ0n) is 16.8. The maximum absolute atomic E-state index is 13.0. The molecule has 0 N–H and O–H groups in total. The van der Waals surface area contributed by atoms with Gasteiger partial charge < -0.3 is 4.74 Å². The number of rotatable bonds is 5. The predicted molar refractivity (Wildman–Crippen MR) is 136 cm³/mol. The van der Waals surface area contributed by atoms with Crippen molar-refractivity contribution >= 4 is 78.4 Å². The van der Waals surface area contributed by atoms with Gasteiger partial charge in [-0.1, -0.05) is 61.7 Å². The highest BCUT2D eigenvalue weighted by Gasteiger charge is 2.35. The molecule has 0 saturated carbocycles. The minimum Gasteiger partial charge on any atom is -0.422 e. The lowest BCUT2D eigenvalue weighted by Crippen LogP contribution is -2.27. The number of imide groups is 1. The molecule has 2 amide bonds. The van der Waals surface area contributed by atoms with Crippen molar-refractivity contribution in [2.75, 3.05) is 0 Å². The first kappa shape index (κ1) is 23.8. The van der Waals surface area contributed by atoms with Crippen LogP contribution in [0.3, 0.4) is 0 Å². The van der Waals surface area contributed by atoms with E-state index in [1.54, 1.807) is 48.5 Å². The van der Waals surface area contributed by atoms with Crippen LogP contribution in [0, 0.1) is 0 Å². The number of carbonyl (C=O) groups excluding carboxylic acids is 3. The van der Waals surface area contributed by atoms with Gasteiger partial charge in [0, 0.05) is 19.5 Å². The van der Waals surface area contributed by atoms with E-state index in [9.17, 15) is 14.4 Å². The Morgan fingerprint density at radius 1 is 1.03 bits per heavy atom. The average molecular weight is 608 g/mol. The topological polar surface area (TPSA) is 63.7 Å². The molecule has 5 nitrogen and oxygen atoms in total. The van der Waals surface area contributed by atoms with Gasteiger partial charge in [0.05, 0.1) is 17.0 Å². The summed E-state index contributed by atoms with van der Waals surface area (Å²) in [5.41, 5.74) is 1.64. The summed E-state index contributed by atoms with van der Waals surface area (Å²) in [4.78, 5) is 39.5. The van der Waals surface area contributed by atoms with E-state index < -0.39 is 11.9 Å². The molecule has 0 atom stereocenters. The van der Waals surface area contributed by atoms with Crippen molar-refractivity contribution in [1.82, 2.24) is 4.90 Å². The molecule has 1 saturated heterocycles. The van der Waals surface area contributed by atoms with Crippen LogP contribution < -0.4 is 4.74 Å². The smallest absolute Gasteiger partial charge is 0.343 e. The van der Waals surface area contributed by atoms with Crippen molar-refractivity contribution in [1.29, 1.82) is 0 Å². The van der Waals surface area contributed by atoms with Crippen molar-refractivity contribution in [3.63, 3.8) is 0 Å². The van der Waals surface area contributed by atoms with Gasteiger partial charge in [0.25, 0.3) is 11.1 Å². The average Bonchev–Trinajstić information content (AvgIpc) is 3.05. The second kappa shape index (κ2) is 10.3. The van der Waals surface area contributed by atoms with Gasteiger partial charge >= 0.3 is 5.97 Å². The Hall–Kier alpha value is -2.39. The van der Waals surface area contributed by atoms with Crippen LogP contribution in [-0.2, 0) is 11.3 Å². The molecule has 0 radical (unpaired) electrons. The highest BCUT2D eigenvalue weighted by molar-refractivity contribution is 9.10. The first-order valence-electron chi connectivity index (χ1n) is 9.58. The molecule has 1 fully saturated rings. The highest BCUT2D eigenvalue weighted by Crippen LogP contribution is 2.36. The number of thioether (sulfide) groups is 1. The summed E-state index contributed by atoms with van der Waals surface area (Å²) in [6.45, 7) is 0.153. The molecule has 3 aromatic rings. The number of benzene rings is 3. The maximum Gasteiger partial charge on any atom is 0.343 e. The normalized spacial score (nSPS) is 14.8. The molecule has 0 bridgehead atoms. The molecule has 9 heteroatoms. The van der Waals surface area contributed by atoms with E-state index in [1.807, 2.05) is 24.3 Å². The molecule has 33 heavy (non-hydrogen) atoms. The molecule has 0 unspecified atom stereocenters. The Balaban J connectivity index is 1.59. The number of halogens is 3. The van der Waals surface area contributed by atoms with Crippen LogP contribution in [0.2, 0.25) is 5.02 Å². The van der Waals surface area contributed by atoms with Gasteiger partial charge in [-0.2, -0.15) is 0 Å². The van der Waals surface area contributed by atoms with E-state index in [0.29, 0.717) is 16.1 Å². The van der Waals surface area contributed by atoms with Crippen LogP contribution in [0.5, 0.6) is 5.75 Å². The summed E-state index contributed by atoms with van der Waals surface area (Å²) >= 11 is 13.6. The molecule has 0 aliphatic carbocycles. The Labute approximate surface area is 216 Å². The standard InChI is InChI=1S/C24H14Br2ClNO4S/c25-17-7-10-20(32-23(30)14-5-8-18(27)9-6-14)16(11-17)12-21-22(29)28(24(31)33-21)13-15-3-1-2-4-19(15)26/h1-12H,13H2/b21-12-. The monoisotopic (exact) mass is 605 g/mol. The molecule has 4 rings (SSSR count).